The van der Waals surface area contributed by atoms with E-state index in [1.54, 1.807) is 12.1 Å². The molecule has 0 amide bonds. The first-order chi connectivity index (χ1) is 12.0. The average Bonchev–Trinajstić information content (AvgIpc) is 2.62. The van der Waals surface area contributed by atoms with Crippen LogP contribution in [0.2, 0.25) is 0 Å². The number of carbonyl (C=O) groups is 1. The highest BCUT2D eigenvalue weighted by atomic mass is 16.6. The third-order valence-corrected chi connectivity index (χ3v) is 4.39. The highest BCUT2D eigenvalue weighted by Gasteiger charge is 2.17. The Morgan fingerprint density at radius 3 is 2.64 bits per heavy atom. The van der Waals surface area contributed by atoms with Crippen LogP contribution in [0.25, 0.3) is 0 Å². The molecule has 0 aliphatic heterocycles. The van der Waals surface area contributed by atoms with Crippen molar-refractivity contribution in [2.75, 3.05) is 0 Å². The van der Waals surface area contributed by atoms with Gasteiger partial charge in [-0.15, -0.1) is 0 Å². The number of pyridine rings is 1. The van der Waals surface area contributed by atoms with Crippen molar-refractivity contribution in [1.29, 1.82) is 5.26 Å². The highest BCUT2D eigenvalue weighted by Crippen LogP contribution is 2.22. The third kappa shape index (κ3) is 3.33. The van der Waals surface area contributed by atoms with Crippen LogP contribution in [0.5, 0.6) is 0 Å². The Morgan fingerprint density at radius 1 is 1.24 bits per heavy atom. The second kappa shape index (κ2) is 6.69. The summed E-state index contributed by atoms with van der Waals surface area (Å²) in [6.07, 6.45) is 5.14. The average molecular weight is 337 g/mol. The number of hydrogen-bond acceptors (Lipinski definition) is 5. The van der Waals surface area contributed by atoms with E-state index in [4.69, 9.17) is 5.26 Å². The molecule has 0 saturated carbocycles. The van der Waals surface area contributed by atoms with E-state index in [9.17, 15) is 19.7 Å². The van der Waals surface area contributed by atoms with E-state index in [2.05, 4.69) is 0 Å². The number of rotatable bonds is 4. The lowest BCUT2D eigenvalue weighted by Gasteiger charge is -2.16. The van der Waals surface area contributed by atoms with E-state index in [-0.39, 0.29) is 17.9 Å². The van der Waals surface area contributed by atoms with Gasteiger partial charge in [0.1, 0.15) is 11.6 Å². The topological polar surface area (TPSA) is 106 Å². The first-order valence-corrected chi connectivity index (χ1v) is 7.93. The Kier molecular flexibility index (Phi) is 4.44. The lowest BCUT2D eigenvalue weighted by Crippen LogP contribution is -2.26. The van der Waals surface area contributed by atoms with Gasteiger partial charge in [-0.2, -0.15) is 5.26 Å². The predicted molar refractivity (Wildman–Crippen MR) is 89.5 cm³/mol. The quantitative estimate of drug-likeness (QED) is 0.484. The van der Waals surface area contributed by atoms with Gasteiger partial charge in [-0.1, -0.05) is 12.1 Å². The van der Waals surface area contributed by atoms with Gasteiger partial charge in [-0.3, -0.25) is 24.3 Å². The number of carbonyl (C=O) groups excluding carboxylic acids is 1. The number of nitriles is 1. The molecule has 0 spiro atoms. The van der Waals surface area contributed by atoms with Gasteiger partial charge in [0.2, 0.25) is 0 Å². The minimum absolute atomic E-state index is 0.320. The molecular formula is C18H15N3O4. The molecule has 1 aliphatic rings. The molecule has 126 valence electrons. The molecule has 7 heteroatoms. The lowest BCUT2D eigenvalue weighted by molar-refractivity contribution is -0.385. The van der Waals surface area contributed by atoms with Gasteiger partial charge in [0, 0.05) is 11.6 Å². The maximum Gasteiger partial charge on any atom is 0.287 e. The summed E-state index contributed by atoms with van der Waals surface area (Å²) in [5.74, 6) is -0.320. The molecule has 2 aromatic rings. The second-order valence-corrected chi connectivity index (χ2v) is 6.03. The zero-order valence-corrected chi connectivity index (χ0v) is 13.4. The number of benzene rings is 1. The minimum Gasteiger partial charge on any atom is -0.300 e. The number of ketones is 1. The SMILES string of the molecule is N#Cc1cc([N+](=O)[O-])cn(CC(=O)c2ccc3c(c2)CCCC3)c1=O. The number of fused-ring (bicyclic) bond motifs is 1. The number of nitrogens with zero attached hydrogens (tertiary/aromatic N) is 3. The van der Waals surface area contributed by atoms with Gasteiger partial charge in [-0.25, -0.2) is 0 Å². The van der Waals surface area contributed by atoms with Crippen LogP contribution in [0, 0.1) is 21.4 Å². The first kappa shape index (κ1) is 16.6. The van der Waals surface area contributed by atoms with Crippen LogP contribution in [-0.4, -0.2) is 15.3 Å². The summed E-state index contributed by atoms with van der Waals surface area (Å²) in [6, 6.07) is 8.04. The molecule has 3 rings (SSSR count). The summed E-state index contributed by atoms with van der Waals surface area (Å²) >= 11 is 0. The summed E-state index contributed by atoms with van der Waals surface area (Å²) in [4.78, 5) is 34.9. The van der Waals surface area contributed by atoms with E-state index < -0.39 is 16.2 Å². The van der Waals surface area contributed by atoms with Crippen LogP contribution in [0.3, 0.4) is 0 Å². The predicted octanol–water partition coefficient (Wildman–Crippen LogP) is 2.39. The number of nitro groups is 1. The van der Waals surface area contributed by atoms with Crippen LogP contribution in [0.1, 0.15) is 39.9 Å². The first-order valence-electron chi connectivity index (χ1n) is 7.93. The maximum absolute atomic E-state index is 12.5. The normalized spacial score (nSPS) is 12.9. The van der Waals surface area contributed by atoms with Crippen LogP contribution in [0.15, 0.2) is 35.3 Å². The van der Waals surface area contributed by atoms with Crippen LogP contribution >= 0.6 is 0 Å². The Labute approximate surface area is 143 Å². The molecule has 1 aromatic heterocycles. The van der Waals surface area contributed by atoms with Gasteiger partial charge >= 0.3 is 0 Å². The number of Topliss-reactive ketones (excluding diaryl/α,β-unsaturated/α-hetero) is 1. The molecular weight excluding hydrogens is 322 g/mol. The Bertz CT molecular complexity index is 969. The summed E-state index contributed by atoms with van der Waals surface area (Å²) in [5.41, 5.74) is 1.39. The summed E-state index contributed by atoms with van der Waals surface area (Å²) in [5, 5.41) is 19.9. The van der Waals surface area contributed by atoms with Crippen molar-refractivity contribution in [2.24, 2.45) is 0 Å². The Morgan fingerprint density at radius 2 is 1.96 bits per heavy atom. The number of aromatic nitrogens is 1. The fourth-order valence-electron chi connectivity index (χ4n) is 3.07. The van der Waals surface area contributed by atoms with E-state index in [0.29, 0.717) is 5.56 Å². The molecule has 7 nitrogen and oxygen atoms in total. The molecule has 0 fully saturated rings. The van der Waals surface area contributed by atoms with Gasteiger partial charge in [0.15, 0.2) is 5.78 Å². The van der Waals surface area contributed by atoms with Crippen molar-refractivity contribution in [2.45, 2.75) is 32.2 Å². The smallest absolute Gasteiger partial charge is 0.287 e. The maximum atomic E-state index is 12.5. The summed E-state index contributed by atoms with van der Waals surface area (Å²) in [7, 11) is 0. The molecule has 1 aliphatic carbocycles. The standard InChI is InChI=1S/C18H15N3O4/c19-9-15-8-16(21(24)25)10-20(18(15)23)11-17(22)14-6-5-12-3-1-2-4-13(12)7-14/h5-8,10H,1-4,11H2. The molecule has 0 N–H and O–H groups in total. The van der Waals surface area contributed by atoms with Gasteiger partial charge in [-0.05, 0) is 42.9 Å². The van der Waals surface area contributed by atoms with E-state index in [1.165, 1.54) is 5.56 Å². The number of aryl methyl sites for hydroxylation is 2. The van der Waals surface area contributed by atoms with Crippen molar-refractivity contribution in [3.8, 4) is 6.07 Å². The van der Waals surface area contributed by atoms with Gasteiger partial charge in [0.25, 0.3) is 11.2 Å². The van der Waals surface area contributed by atoms with Crippen molar-refractivity contribution in [3.05, 3.63) is 73.2 Å². The van der Waals surface area contributed by atoms with Crippen molar-refractivity contribution < 1.29 is 9.72 Å². The molecule has 0 unspecified atom stereocenters. The third-order valence-electron chi connectivity index (χ3n) is 4.39. The van der Waals surface area contributed by atoms with Gasteiger partial charge in [0.05, 0.1) is 17.7 Å². The fraction of sp³-hybridized carbons (Fsp3) is 0.278. The van der Waals surface area contributed by atoms with Crippen molar-refractivity contribution >= 4 is 11.5 Å². The molecule has 1 aromatic carbocycles. The lowest BCUT2D eigenvalue weighted by atomic mass is 9.90. The van der Waals surface area contributed by atoms with Crippen molar-refractivity contribution in [3.63, 3.8) is 0 Å². The molecule has 1 heterocycles. The van der Waals surface area contributed by atoms with E-state index >= 15 is 0 Å². The number of hydrogen-bond donors (Lipinski definition) is 0. The molecule has 0 radical (unpaired) electrons. The highest BCUT2D eigenvalue weighted by molar-refractivity contribution is 5.96. The van der Waals surface area contributed by atoms with Crippen LogP contribution < -0.4 is 5.56 Å². The molecule has 0 bridgehead atoms. The van der Waals surface area contributed by atoms with Crippen LogP contribution in [-0.2, 0) is 19.4 Å². The second-order valence-electron chi connectivity index (χ2n) is 6.03. The Hall–Kier alpha value is -3.27. The van der Waals surface area contributed by atoms with Crippen molar-refractivity contribution in [1.82, 2.24) is 4.57 Å². The fourth-order valence-corrected chi connectivity index (χ4v) is 3.07. The van der Waals surface area contributed by atoms with Gasteiger partial charge < -0.3 is 0 Å². The molecule has 0 atom stereocenters. The zero-order valence-electron chi connectivity index (χ0n) is 13.4. The van der Waals surface area contributed by atoms with E-state index in [0.717, 1.165) is 48.1 Å². The zero-order chi connectivity index (χ0) is 18.0. The largest absolute Gasteiger partial charge is 0.300 e. The minimum atomic E-state index is -0.709. The Balaban J connectivity index is 1.93. The summed E-state index contributed by atoms with van der Waals surface area (Å²) < 4.78 is 0.929. The summed E-state index contributed by atoms with van der Waals surface area (Å²) in [6.45, 7) is -0.339. The monoisotopic (exact) mass is 337 g/mol. The van der Waals surface area contributed by atoms with E-state index in [1.807, 2.05) is 12.1 Å². The molecule has 25 heavy (non-hydrogen) atoms. The molecule has 0 saturated heterocycles. The van der Waals surface area contributed by atoms with Crippen LogP contribution in [0.4, 0.5) is 5.69 Å².